The van der Waals surface area contributed by atoms with Crippen LogP contribution in [0.4, 0.5) is 0 Å². The van der Waals surface area contributed by atoms with Crippen molar-refractivity contribution in [3.05, 3.63) is 36.0 Å². The zero-order chi connectivity index (χ0) is 21.1. The first-order chi connectivity index (χ1) is 14.5. The van der Waals surface area contributed by atoms with E-state index in [-0.39, 0.29) is 18.5 Å². The number of para-hydroxylation sites is 1. The fourth-order valence-electron chi connectivity index (χ4n) is 4.83. The third kappa shape index (κ3) is 4.27. The Morgan fingerprint density at radius 3 is 2.50 bits per heavy atom. The van der Waals surface area contributed by atoms with Crippen molar-refractivity contribution in [2.24, 2.45) is 5.92 Å². The van der Waals surface area contributed by atoms with E-state index in [0.717, 1.165) is 56.1 Å². The number of Topliss-reactive ketones (excluding diaryl/α,β-unsaturated/α-hetero) is 1. The Morgan fingerprint density at radius 1 is 1.00 bits per heavy atom. The van der Waals surface area contributed by atoms with Crippen LogP contribution in [0, 0.1) is 5.92 Å². The van der Waals surface area contributed by atoms with E-state index in [9.17, 15) is 14.4 Å². The molecule has 2 amide bonds. The van der Waals surface area contributed by atoms with Gasteiger partial charge in [0.05, 0.1) is 5.56 Å². The quantitative estimate of drug-likeness (QED) is 0.607. The summed E-state index contributed by atoms with van der Waals surface area (Å²) in [4.78, 5) is 40.4. The highest BCUT2D eigenvalue weighted by Gasteiger charge is 2.28. The number of carbonyl (C=O) groups is 3. The van der Waals surface area contributed by atoms with Crippen LogP contribution in [0.25, 0.3) is 10.9 Å². The number of likely N-dealkylation sites (tertiary alicyclic amines) is 1. The van der Waals surface area contributed by atoms with Crippen LogP contribution in [0.3, 0.4) is 0 Å². The number of ketones is 1. The number of nitrogens with zero attached hydrogens (tertiary/aromatic N) is 2. The third-order valence-corrected chi connectivity index (χ3v) is 6.68. The molecule has 30 heavy (non-hydrogen) atoms. The SMILES string of the molecule is C[C@@H]1CCCC[C@H]1NC(=O)C(=O)c1cn(CC(=O)N2CCCCC2)c2ccccc12. The maximum Gasteiger partial charge on any atom is 0.292 e. The molecule has 6 nitrogen and oxygen atoms in total. The van der Waals surface area contributed by atoms with E-state index in [0.29, 0.717) is 11.5 Å². The number of amides is 2. The van der Waals surface area contributed by atoms with Gasteiger partial charge in [0.25, 0.3) is 11.7 Å². The van der Waals surface area contributed by atoms with Crippen LogP contribution in [0.5, 0.6) is 0 Å². The molecule has 4 rings (SSSR count). The van der Waals surface area contributed by atoms with Crippen molar-refractivity contribution in [3.63, 3.8) is 0 Å². The van der Waals surface area contributed by atoms with Gasteiger partial charge in [-0.05, 0) is 44.1 Å². The van der Waals surface area contributed by atoms with Gasteiger partial charge in [0, 0.05) is 36.2 Å². The van der Waals surface area contributed by atoms with Crippen molar-refractivity contribution >= 4 is 28.5 Å². The van der Waals surface area contributed by atoms with Crippen molar-refractivity contribution in [3.8, 4) is 0 Å². The van der Waals surface area contributed by atoms with E-state index in [1.165, 1.54) is 12.8 Å². The second-order valence-electron chi connectivity index (χ2n) is 8.80. The number of nitrogens with one attached hydrogen (secondary N) is 1. The van der Waals surface area contributed by atoms with Crippen LogP contribution >= 0.6 is 0 Å². The summed E-state index contributed by atoms with van der Waals surface area (Å²) in [7, 11) is 0. The first kappa shape index (κ1) is 20.6. The molecule has 0 spiro atoms. The summed E-state index contributed by atoms with van der Waals surface area (Å²) in [6.07, 6.45) is 9.20. The average Bonchev–Trinajstić information content (AvgIpc) is 3.14. The molecule has 1 N–H and O–H groups in total. The molecule has 1 saturated heterocycles. The van der Waals surface area contributed by atoms with Gasteiger partial charge in [-0.15, -0.1) is 0 Å². The number of carbonyl (C=O) groups excluding carboxylic acids is 3. The first-order valence-electron chi connectivity index (χ1n) is 11.3. The van der Waals surface area contributed by atoms with Gasteiger partial charge in [0.2, 0.25) is 5.91 Å². The number of fused-ring (bicyclic) bond motifs is 1. The molecule has 0 unspecified atom stereocenters. The van der Waals surface area contributed by atoms with Crippen molar-refractivity contribution in [1.82, 2.24) is 14.8 Å². The maximum atomic E-state index is 13.0. The zero-order valence-electron chi connectivity index (χ0n) is 17.7. The largest absolute Gasteiger partial charge is 0.346 e. The number of benzene rings is 1. The predicted octanol–water partition coefficient (Wildman–Crippen LogP) is 3.53. The van der Waals surface area contributed by atoms with Gasteiger partial charge >= 0.3 is 0 Å². The summed E-state index contributed by atoms with van der Waals surface area (Å²) >= 11 is 0. The molecular weight excluding hydrogens is 378 g/mol. The van der Waals surface area contributed by atoms with Gasteiger partial charge in [-0.25, -0.2) is 0 Å². The molecule has 2 fully saturated rings. The van der Waals surface area contributed by atoms with E-state index in [1.54, 1.807) is 6.20 Å². The summed E-state index contributed by atoms with van der Waals surface area (Å²) < 4.78 is 1.82. The second-order valence-corrected chi connectivity index (χ2v) is 8.80. The van der Waals surface area contributed by atoms with Crippen LogP contribution < -0.4 is 5.32 Å². The molecule has 0 radical (unpaired) electrons. The van der Waals surface area contributed by atoms with Crippen molar-refractivity contribution in [1.29, 1.82) is 0 Å². The number of hydrogen-bond acceptors (Lipinski definition) is 3. The minimum absolute atomic E-state index is 0.0595. The summed E-state index contributed by atoms with van der Waals surface area (Å²) in [5.74, 6) is -0.610. The highest BCUT2D eigenvalue weighted by Crippen LogP contribution is 2.25. The topological polar surface area (TPSA) is 71.4 Å². The highest BCUT2D eigenvalue weighted by molar-refractivity contribution is 6.45. The maximum absolute atomic E-state index is 13.0. The minimum atomic E-state index is -0.543. The monoisotopic (exact) mass is 409 g/mol. The molecule has 1 aliphatic heterocycles. The smallest absolute Gasteiger partial charge is 0.292 e. The lowest BCUT2D eigenvalue weighted by atomic mass is 9.86. The molecule has 1 aliphatic carbocycles. The van der Waals surface area contributed by atoms with Crippen LogP contribution in [0.2, 0.25) is 0 Å². The fraction of sp³-hybridized carbons (Fsp3) is 0.542. The average molecular weight is 410 g/mol. The Kier molecular flexibility index (Phi) is 6.21. The Labute approximate surface area is 177 Å². The van der Waals surface area contributed by atoms with Crippen LogP contribution in [0.15, 0.2) is 30.5 Å². The van der Waals surface area contributed by atoms with Gasteiger partial charge in [0.1, 0.15) is 6.54 Å². The second kappa shape index (κ2) is 9.02. The molecule has 0 bridgehead atoms. The molecule has 2 aromatic rings. The zero-order valence-corrected chi connectivity index (χ0v) is 17.7. The number of piperidine rings is 1. The number of hydrogen-bond donors (Lipinski definition) is 1. The Hall–Kier alpha value is -2.63. The van der Waals surface area contributed by atoms with Gasteiger partial charge in [-0.1, -0.05) is 38.0 Å². The molecule has 2 aliphatic rings. The fourth-order valence-corrected chi connectivity index (χ4v) is 4.83. The molecule has 1 saturated carbocycles. The highest BCUT2D eigenvalue weighted by atomic mass is 16.2. The van der Waals surface area contributed by atoms with Crippen molar-refractivity contribution < 1.29 is 14.4 Å². The van der Waals surface area contributed by atoms with E-state index >= 15 is 0 Å². The van der Waals surface area contributed by atoms with Gasteiger partial charge < -0.3 is 14.8 Å². The lowest BCUT2D eigenvalue weighted by Crippen LogP contribution is -2.44. The first-order valence-corrected chi connectivity index (χ1v) is 11.3. The summed E-state index contributed by atoms with van der Waals surface area (Å²) in [6.45, 7) is 3.92. The minimum Gasteiger partial charge on any atom is -0.346 e. The Bertz CT molecular complexity index is 942. The molecule has 1 aromatic heterocycles. The number of rotatable bonds is 5. The van der Waals surface area contributed by atoms with E-state index in [2.05, 4.69) is 12.2 Å². The molecule has 2 atom stereocenters. The molecule has 2 heterocycles. The predicted molar refractivity (Wildman–Crippen MR) is 116 cm³/mol. The Balaban J connectivity index is 1.54. The Morgan fingerprint density at radius 2 is 1.73 bits per heavy atom. The van der Waals surface area contributed by atoms with Gasteiger partial charge in [-0.2, -0.15) is 0 Å². The lowest BCUT2D eigenvalue weighted by molar-refractivity contribution is -0.132. The van der Waals surface area contributed by atoms with E-state index in [1.807, 2.05) is 33.7 Å². The third-order valence-electron chi connectivity index (χ3n) is 6.68. The summed E-state index contributed by atoms with van der Waals surface area (Å²) in [6, 6.07) is 7.56. The summed E-state index contributed by atoms with van der Waals surface area (Å²) in [5, 5.41) is 3.68. The van der Waals surface area contributed by atoms with Crippen molar-refractivity contribution in [2.45, 2.75) is 64.5 Å². The van der Waals surface area contributed by atoms with Crippen molar-refractivity contribution in [2.75, 3.05) is 13.1 Å². The van der Waals surface area contributed by atoms with Gasteiger partial charge in [0.15, 0.2) is 0 Å². The van der Waals surface area contributed by atoms with E-state index < -0.39 is 11.7 Å². The lowest BCUT2D eigenvalue weighted by Gasteiger charge is -2.29. The van der Waals surface area contributed by atoms with Crippen LogP contribution in [-0.4, -0.2) is 46.2 Å². The molecule has 160 valence electrons. The van der Waals surface area contributed by atoms with Crippen LogP contribution in [-0.2, 0) is 16.1 Å². The molecular formula is C24H31N3O3. The van der Waals surface area contributed by atoms with Gasteiger partial charge in [-0.3, -0.25) is 14.4 Å². The van der Waals surface area contributed by atoms with Crippen LogP contribution in [0.1, 0.15) is 62.2 Å². The van der Waals surface area contributed by atoms with E-state index in [4.69, 9.17) is 0 Å². The summed E-state index contributed by atoms with van der Waals surface area (Å²) in [5.41, 5.74) is 1.18. The molecule has 6 heteroatoms. The molecule has 1 aromatic carbocycles. The normalized spacial score (nSPS) is 22.1. The number of aromatic nitrogens is 1. The standard InChI is InChI=1S/C24H31N3O3/c1-17-9-3-5-11-20(17)25-24(30)23(29)19-15-27(21-12-6-4-10-18(19)21)16-22(28)26-13-7-2-8-14-26/h4,6,10,12,15,17,20H,2-3,5,7-9,11,13-14,16H2,1H3,(H,25,30)/t17-,20-/m1/s1.